The molecule has 1 aliphatic rings. The molecule has 1 aromatic rings. The summed E-state index contributed by atoms with van der Waals surface area (Å²) in [5, 5.41) is 11.5. The van der Waals surface area contributed by atoms with E-state index in [4.69, 9.17) is 5.11 Å². The fourth-order valence-electron chi connectivity index (χ4n) is 1.48. The molecule has 2 rings (SSSR count). The van der Waals surface area contributed by atoms with Crippen molar-refractivity contribution in [1.29, 1.82) is 0 Å². The van der Waals surface area contributed by atoms with Gasteiger partial charge in [0.25, 0.3) is 0 Å². The van der Waals surface area contributed by atoms with Crippen LogP contribution in [0.1, 0.15) is 16.9 Å². The summed E-state index contributed by atoms with van der Waals surface area (Å²) in [6, 6.07) is 4.15. The number of carboxylic acids is 1. The number of anilines is 1. The first-order chi connectivity index (χ1) is 7.58. The van der Waals surface area contributed by atoms with E-state index in [0.29, 0.717) is 12.2 Å². The zero-order valence-corrected chi connectivity index (χ0v) is 8.23. The van der Waals surface area contributed by atoms with Crippen molar-refractivity contribution in [2.75, 3.05) is 5.32 Å². The molecular weight excluding hydrogens is 218 g/mol. The predicted molar refractivity (Wildman–Crippen MR) is 52.7 cm³/mol. The second-order valence-electron chi connectivity index (χ2n) is 3.70. The minimum absolute atomic E-state index is 0.0979. The van der Waals surface area contributed by atoms with Crippen LogP contribution in [0.3, 0.4) is 0 Å². The first kappa shape index (κ1) is 10.8. The molecule has 1 aromatic heterocycles. The van der Waals surface area contributed by atoms with E-state index < -0.39 is 18.3 Å². The molecule has 0 bridgehead atoms. The van der Waals surface area contributed by atoms with Crippen LogP contribution in [0.2, 0.25) is 0 Å². The van der Waals surface area contributed by atoms with Crippen LogP contribution in [-0.4, -0.2) is 28.5 Å². The number of rotatable bonds is 4. The van der Waals surface area contributed by atoms with Crippen LogP contribution in [0.4, 0.5) is 14.6 Å². The molecule has 1 aliphatic carbocycles. The van der Waals surface area contributed by atoms with Crippen LogP contribution < -0.4 is 5.32 Å². The van der Waals surface area contributed by atoms with Gasteiger partial charge in [0.1, 0.15) is 5.82 Å². The van der Waals surface area contributed by atoms with E-state index in [1.165, 1.54) is 12.1 Å². The van der Waals surface area contributed by atoms with Crippen LogP contribution in [0, 0.1) is 5.92 Å². The largest absolute Gasteiger partial charge is 0.477 e. The highest BCUT2D eigenvalue weighted by atomic mass is 19.3. The molecule has 2 atom stereocenters. The maximum Gasteiger partial charge on any atom is 0.354 e. The normalized spacial score (nSPS) is 23.2. The van der Waals surface area contributed by atoms with Gasteiger partial charge in [-0.1, -0.05) is 6.07 Å². The highest BCUT2D eigenvalue weighted by Crippen LogP contribution is 2.38. The molecule has 0 spiro atoms. The molecule has 0 radical (unpaired) electrons. The number of hydrogen-bond acceptors (Lipinski definition) is 3. The summed E-state index contributed by atoms with van der Waals surface area (Å²) in [5.74, 6) is -1.45. The van der Waals surface area contributed by atoms with Crippen LogP contribution in [0.15, 0.2) is 18.2 Å². The SMILES string of the molecule is O=C(O)c1cccc(N[C@H]2C[C@@H]2C(F)F)n1. The van der Waals surface area contributed by atoms with E-state index in [-0.39, 0.29) is 11.7 Å². The second kappa shape index (κ2) is 4.03. The summed E-state index contributed by atoms with van der Waals surface area (Å²) in [6.07, 6.45) is -1.93. The summed E-state index contributed by atoms with van der Waals surface area (Å²) in [6.45, 7) is 0. The van der Waals surface area contributed by atoms with Crippen molar-refractivity contribution in [3.8, 4) is 0 Å². The standard InChI is InChI=1S/C10H10F2N2O2/c11-9(12)5-4-7(5)14-8-3-1-2-6(13-8)10(15)16/h1-3,5,7,9H,4H2,(H,13,14)(H,15,16)/t5-,7-/m0/s1. The van der Waals surface area contributed by atoms with E-state index in [1.807, 2.05) is 0 Å². The van der Waals surface area contributed by atoms with Gasteiger partial charge in [0, 0.05) is 12.0 Å². The number of carboxylic acid groups (broad SMARTS) is 1. The number of aromatic nitrogens is 1. The van der Waals surface area contributed by atoms with Gasteiger partial charge in [-0.25, -0.2) is 18.6 Å². The van der Waals surface area contributed by atoms with Crippen molar-refractivity contribution in [2.45, 2.75) is 18.9 Å². The molecule has 1 heterocycles. The maximum atomic E-state index is 12.2. The van der Waals surface area contributed by atoms with Gasteiger partial charge in [-0.05, 0) is 18.6 Å². The summed E-state index contributed by atoms with van der Waals surface area (Å²) in [4.78, 5) is 14.4. The fourth-order valence-corrected chi connectivity index (χ4v) is 1.48. The lowest BCUT2D eigenvalue weighted by Gasteiger charge is -2.05. The lowest BCUT2D eigenvalue weighted by Crippen LogP contribution is -2.11. The smallest absolute Gasteiger partial charge is 0.354 e. The lowest BCUT2D eigenvalue weighted by atomic mass is 10.3. The Labute approximate surface area is 90.3 Å². The topological polar surface area (TPSA) is 62.2 Å². The molecule has 2 N–H and O–H groups in total. The molecule has 0 aromatic carbocycles. The molecule has 0 amide bonds. The fraction of sp³-hybridized carbons (Fsp3) is 0.400. The van der Waals surface area contributed by atoms with Gasteiger partial charge in [0.15, 0.2) is 5.69 Å². The lowest BCUT2D eigenvalue weighted by molar-refractivity contribution is 0.0690. The van der Waals surface area contributed by atoms with E-state index in [2.05, 4.69) is 10.3 Å². The van der Waals surface area contributed by atoms with Gasteiger partial charge in [-0.2, -0.15) is 0 Å². The number of aromatic carboxylic acids is 1. The molecular formula is C10H10F2N2O2. The average Bonchev–Trinajstić information content (AvgIpc) is 2.97. The third-order valence-corrected chi connectivity index (χ3v) is 2.46. The zero-order valence-electron chi connectivity index (χ0n) is 8.23. The minimum Gasteiger partial charge on any atom is -0.477 e. The first-order valence-electron chi connectivity index (χ1n) is 4.83. The van der Waals surface area contributed by atoms with E-state index in [1.54, 1.807) is 6.07 Å². The van der Waals surface area contributed by atoms with Gasteiger partial charge in [0.2, 0.25) is 6.43 Å². The Morgan fingerprint density at radius 1 is 1.56 bits per heavy atom. The number of alkyl halides is 2. The van der Waals surface area contributed by atoms with Crippen molar-refractivity contribution in [1.82, 2.24) is 4.98 Å². The quantitative estimate of drug-likeness (QED) is 0.825. The van der Waals surface area contributed by atoms with Gasteiger partial charge in [-0.3, -0.25) is 0 Å². The summed E-state index contributed by atoms with van der Waals surface area (Å²) < 4.78 is 24.5. The molecule has 0 unspecified atom stereocenters. The molecule has 1 saturated carbocycles. The molecule has 16 heavy (non-hydrogen) atoms. The Morgan fingerprint density at radius 2 is 2.31 bits per heavy atom. The van der Waals surface area contributed by atoms with E-state index in [9.17, 15) is 13.6 Å². The van der Waals surface area contributed by atoms with Gasteiger partial charge in [-0.15, -0.1) is 0 Å². The van der Waals surface area contributed by atoms with Gasteiger partial charge < -0.3 is 10.4 Å². The molecule has 4 nitrogen and oxygen atoms in total. The van der Waals surface area contributed by atoms with Crippen LogP contribution >= 0.6 is 0 Å². The Morgan fingerprint density at radius 3 is 2.88 bits per heavy atom. The average molecular weight is 228 g/mol. The highest BCUT2D eigenvalue weighted by molar-refractivity contribution is 5.85. The molecule has 86 valence electrons. The highest BCUT2D eigenvalue weighted by Gasteiger charge is 2.44. The number of hydrogen-bond donors (Lipinski definition) is 2. The van der Waals surface area contributed by atoms with Gasteiger partial charge >= 0.3 is 5.97 Å². The monoisotopic (exact) mass is 228 g/mol. The van der Waals surface area contributed by atoms with E-state index >= 15 is 0 Å². The van der Waals surface area contributed by atoms with Crippen molar-refractivity contribution in [3.05, 3.63) is 23.9 Å². The summed E-state index contributed by atoms with van der Waals surface area (Å²) in [5.41, 5.74) is -0.0979. The Hall–Kier alpha value is -1.72. The van der Waals surface area contributed by atoms with Crippen LogP contribution in [-0.2, 0) is 0 Å². The summed E-state index contributed by atoms with van der Waals surface area (Å²) >= 11 is 0. The molecule has 0 saturated heterocycles. The molecule has 0 aliphatic heterocycles. The minimum atomic E-state index is -2.33. The number of carbonyl (C=O) groups is 1. The van der Waals surface area contributed by atoms with Crippen molar-refractivity contribution < 1.29 is 18.7 Å². The molecule has 6 heteroatoms. The Bertz CT molecular complexity index is 412. The third-order valence-electron chi connectivity index (χ3n) is 2.46. The number of pyridine rings is 1. The van der Waals surface area contributed by atoms with Crippen molar-refractivity contribution in [2.24, 2.45) is 5.92 Å². The van der Waals surface area contributed by atoms with Crippen LogP contribution in [0.25, 0.3) is 0 Å². The maximum absolute atomic E-state index is 12.2. The number of halogens is 2. The Kier molecular flexibility index (Phi) is 2.72. The predicted octanol–water partition coefficient (Wildman–Crippen LogP) is 1.85. The Balaban J connectivity index is 2.01. The zero-order chi connectivity index (χ0) is 11.7. The van der Waals surface area contributed by atoms with Crippen molar-refractivity contribution >= 4 is 11.8 Å². The molecule has 1 fully saturated rings. The van der Waals surface area contributed by atoms with Gasteiger partial charge in [0.05, 0.1) is 0 Å². The number of nitrogens with one attached hydrogen (secondary N) is 1. The van der Waals surface area contributed by atoms with E-state index in [0.717, 1.165) is 0 Å². The number of nitrogens with zero attached hydrogens (tertiary/aromatic N) is 1. The van der Waals surface area contributed by atoms with Crippen LogP contribution in [0.5, 0.6) is 0 Å². The second-order valence-corrected chi connectivity index (χ2v) is 3.70. The summed E-state index contributed by atoms with van der Waals surface area (Å²) in [7, 11) is 0. The van der Waals surface area contributed by atoms with Crippen molar-refractivity contribution in [3.63, 3.8) is 0 Å². The third kappa shape index (κ3) is 2.26. The first-order valence-corrected chi connectivity index (χ1v) is 4.83.